The fourth-order valence-corrected chi connectivity index (χ4v) is 3.87. The molecule has 3 atom stereocenters. The smallest absolute Gasteiger partial charge is 0.320 e. The highest BCUT2D eigenvalue weighted by atomic mass is 16.4. The van der Waals surface area contributed by atoms with Gasteiger partial charge in [-0.3, -0.25) is 9.69 Å². The Labute approximate surface area is 131 Å². The molecule has 4 nitrogen and oxygen atoms in total. The van der Waals surface area contributed by atoms with Gasteiger partial charge >= 0.3 is 5.97 Å². The lowest BCUT2D eigenvalue weighted by atomic mass is 9.80. The number of hydrogen-bond acceptors (Lipinski definition) is 3. The first-order valence-corrected chi connectivity index (χ1v) is 8.31. The van der Waals surface area contributed by atoms with Crippen molar-refractivity contribution in [3.63, 3.8) is 0 Å². The fourth-order valence-electron chi connectivity index (χ4n) is 3.87. The van der Waals surface area contributed by atoms with E-state index in [0.717, 1.165) is 13.0 Å². The third-order valence-electron chi connectivity index (χ3n) is 5.44. The number of aliphatic hydroxyl groups is 1. The summed E-state index contributed by atoms with van der Waals surface area (Å²) in [6.45, 7) is 1.53. The first-order chi connectivity index (χ1) is 10.7. The van der Waals surface area contributed by atoms with Crippen molar-refractivity contribution in [2.75, 3.05) is 19.7 Å². The van der Waals surface area contributed by atoms with E-state index < -0.39 is 12.0 Å². The molecule has 0 unspecified atom stereocenters. The molecule has 3 rings (SSSR count). The van der Waals surface area contributed by atoms with Crippen LogP contribution in [0.3, 0.4) is 0 Å². The van der Waals surface area contributed by atoms with Crippen molar-refractivity contribution in [2.24, 2.45) is 11.8 Å². The van der Waals surface area contributed by atoms with Crippen LogP contribution in [0, 0.1) is 11.8 Å². The minimum atomic E-state index is -0.711. The molecule has 2 N–H and O–H groups in total. The fraction of sp³-hybridized carbons (Fsp3) is 0.611. The first-order valence-electron chi connectivity index (χ1n) is 8.31. The molecule has 4 heteroatoms. The van der Waals surface area contributed by atoms with Crippen LogP contribution in [0.15, 0.2) is 30.3 Å². The molecule has 1 saturated heterocycles. The summed E-state index contributed by atoms with van der Waals surface area (Å²) in [7, 11) is 0. The van der Waals surface area contributed by atoms with E-state index in [1.807, 2.05) is 18.2 Å². The van der Waals surface area contributed by atoms with Gasteiger partial charge < -0.3 is 10.2 Å². The van der Waals surface area contributed by atoms with E-state index in [2.05, 4.69) is 17.0 Å². The Hall–Kier alpha value is -1.39. The summed E-state index contributed by atoms with van der Waals surface area (Å²) in [6.07, 6.45) is 4.34. The predicted octanol–water partition coefficient (Wildman–Crippen LogP) is 2.34. The average molecular weight is 303 g/mol. The zero-order chi connectivity index (χ0) is 15.5. The highest BCUT2D eigenvalue weighted by Crippen LogP contribution is 2.37. The normalized spacial score (nSPS) is 27.5. The molecular formula is C18H25NO3. The topological polar surface area (TPSA) is 60.8 Å². The monoisotopic (exact) mass is 303 g/mol. The second-order valence-electron chi connectivity index (χ2n) is 6.80. The highest BCUT2D eigenvalue weighted by molar-refractivity contribution is 5.73. The molecule has 1 heterocycles. The number of carbonyl (C=O) groups is 1. The van der Waals surface area contributed by atoms with E-state index >= 15 is 0 Å². The summed E-state index contributed by atoms with van der Waals surface area (Å²) in [4.78, 5) is 13.8. The van der Waals surface area contributed by atoms with E-state index in [0.29, 0.717) is 12.5 Å². The Morgan fingerprint density at radius 1 is 1.23 bits per heavy atom. The van der Waals surface area contributed by atoms with Crippen molar-refractivity contribution < 1.29 is 15.0 Å². The summed E-state index contributed by atoms with van der Waals surface area (Å²) >= 11 is 0. The number of carboxylic acids is 1. The number of nitrogens with zero attached hydrogens (tertiary/aromatic N) is 1. The van der Waals surface area contributed by atoms with Crippen molar-refractivity contribution in [3.05, 3.63) is 35.9 Å². The first kappa shape index (κ1) is 15.5. The van der Waals surface area contributed by atoms with Gasteiger partial charge in [0.05, 0.1) is 0 Å². The van der Waals surface area contributed by atoms with Gasteiger partial charge in [-0.2, -0.15) is 0 Å². The number of aliphatic carboxylic acids is 1. The molecule has 2 fully saturated rings. The van der Waals surface area contributed by atoms with Gasteiger partial charge in [0, 0.05) is 31.5 Å². The quantitative estimate of drug-likeness (QED) is 0.847. The van der Waals surface area contributed by atoms with Gasteiger partial charge in [-0.15, -0.1) is 0 Å². The number of likely N-dealkylation sites (tertiary alicyclic amines) is 1. The van der Waals surface area contributed by atoms with E-state index in [9.17, 15) is 15.0 Å². The number of carboxylic acid groups (broad SMARTS) is 1. The van der Waals surface area contributed by atoms with Crippen molar-refractivity contribution in [1.29, 1.82) is 0 Å². The van der Waals surface area contributed by atoms with Crippen LogP contribution in [-0.4, -0.2) is 46.8 Å². The largest absolute Gasteiger partial charge is 0.480 e. The molecule has 1 saturated carbocycles. The Bertz CT molecular complexity index is 500. The molecule has 1 aromatic rings. The number of hydrogen-bond donors (Lipinski definition) is 2. The molecule has 2 aliphatic rings. The molecule has 0 spiro atoms. The van der Waals surface area contributed by atoms with Crippen LogP contribution < -0.4 is 0 Å². The maximum absolute atomic E-state index is 11.7. The van der Waals surface area contributed by atoms with Crippen LogP contribution >= 0.6 is 0 Å². The minimum absolute atomic E-state index is 0.117. The van der Waals surface area contributed by atoms with Crippen molar-refractivity contribution in [1.82, 2.24) is 4.90 Å². The lowest BCUT2D eigenvalue weighted by molar-refractivity contribution is -0.144. The molecule has 0 aromatic heterocycles. The molecule has 120 valence electrons. The van der Waals surface area contributed by atoms with E-state index in [-0.39, 0.29) is 18.4 Å². The maximum atomic E-state index is 11.7. The van der Waals surface area contributed by atoms with Crippen LogP contribution in [0.1, 0.15) is 37.2 Å². The van der Waals surface area contributed by atoms with E-state index in [4.69, 9.17) is 0 Å². The van der Waals surface area contributed by atoms with E-state index in [1.165, 1.54) is 24.8 Å². The zero-order valence-corrected chi connectivity index (χ0v) is 12.9. The van der Waals surface area contributed by atoms with Gasteiger partial charge in [-0.05, 0) is 17.9 Å². The maximum Gasteiger partial charge on any atom is 0.320 e. The summed E-state index contributed by atoms with van der Waals surface area (Å²) < 4.78 is 0. The van der Waals surface area contributed by atoms with Gasteiger partial charge in [-0.1, -0.05) is 49.6 Å². The molecule has 1 aliphatic carbocycles. The SMILES string of the molecule is O=C(O)[C@H](CC1CCC1)N1C[C@H](CO)[C@@H](c2ccccc2)C1. The van der Waals surface area contributed by atoms with Crippen LogP contribution in [-0.2, 0) is 4.79 Å². The van der Waals surface area contributed by atoms with Crippen molar-refractivity contribution in [2.45, 2.75) is 37.6 Å². The third kappa shape index (κ3) is 3.18. The molecule has 0 bridgehead atoms. The van der Waals surface area contributed by atoms with Crippen LogP contribution in [0.4, 0.5) is 0 Å². The van der Waals surface area contributed by atoms with Crippen LogP contribution in [0.25, 0.3) is 0 Å². The second kappa shape index (κ2) is 6.80. The second-order valence-corrected chi connectivity index (χ2v) is 6.80. The molecule has 22 heavy (non-hydrogen) atoms. The summed E-state index contributed by atoms with van der Waals surface area (Å²) in [6, 6.07) is 9.77. The lowest BCUT2D eigenvalue weighted by Crippen LogP contribution is -2.42. The lowest BCUT2D eigenvalue weighted by Gasteiger charge is -2.32. The van der Waals surface area contributed by atoms with Gasteiger partial charge in [0.1, 0.15) is 6.04 Å². The standard InChI is InChI=1S/C18H25NO3/c20-12-15-10-19(11-16(15)14-7-2-1-3-8-14)17(18(21)22)9-13-5-4-6-13/h1-3,7-8,13,15-17,20H,4-6,9-12H2,(H,21,22)/t15-,16-,17+/m1/s1. The summed E-state index contributed by atoms with van der Waals surface area (Å²) in [5.41, 5.74) is 1.21. The molecule has 0 amide bonds. The Balaban J connectivity index is 1.72. The van der Waals surface area contributed by atoms with Crippen molar-refractivity contribution in [3.8, 4) is 0 Å². The molecular weight excluding hydrogens is 278 g/mol. The van der Waals surface area contributed by atoms with Gasteiger partial charge in [0.15, 0.2) is 0 Å². The third-order valence-corrected chi connectivity index (χ3v) is 5.44. The summed E-state index contributed by atoms with van der Waals surface area (Å²) in [5.74, 6) is 0.224. The molecule has 1 aromatic carbocycles. The average Bonchev–Trinajstić information content (AvgIpc) is 2.90. The molecule has 1 aliphatic heterocycles. The summed E-state index contributed by atoms with van der Waals surface area (Å²) in [5, 5.41) is 19.3. The van der Waals surface area contributed by atoms with Gasteiger partial charge in [0.25, 0.3) is 0 Å². The predicted molar refractivity (Wildman–Crippen MR) is 84.7 cm³/mol. The van der Waals surface area contributed by atoms with E-state index in [1.54, 1.807) is 0 Å². The number of rotatable bonds is 6. The van der Waals surface area contributed by atoms with Gasteiger partial charge in [-0.25, -0.2) is 0 Å². The minimum Gasteiger partial charge on any atom is -0.480 e. The van der Waals surface area contributed by atoms with Crippen LogP contribution in [0.2, 0.25) is 0 Å². The van der Waals surface area contributed by atoms with Gasteiger partial charge in [0.2, 0.25) is 0 Å². The number of benzene rings is 1. The van der Waals surface area contributed by atoms with Crippen LogP contribution in [0.5, 0.6) is 0 Å². The zero-order valence-electron chi connectivity index (χ0n) is 12.9. The van der Waals surface area contributed by atoms with Crippen molar-refractivity contribution >= 4 is 5.97 Å². The highest BCUT2D eigenvalue weighted by Gasteiger charge is 2.40. The Kier molecular flexibility index (Phi) is 4.79. The molecule has 0 radical (unpaired) electrons. The number of aliphatic hydroxyl groups excluding tert-OH is 1. The Morgan fingerprint density at radius 2 is 1.95 bits per heavy atom. The Morgan fingerprint density at radius 3 is 2.50 bits per heavy atom.